The second-order valence-electron chi connectivity index (χ2n) is 6.69. The summed E-state index contributed by atoms with van der Waals surface area (Å²) in [5.41, 5.74) is 2.10. The first-order chi connectivity index (χ1) is 16.0. The molecule has 8 heteroatoms. The summed E-state index contributed by atoms with van der Waals surface area (Å²) in [6.45, 7) is 0.172. The van der Waals surface area contributed by atoms with E-state index in [9.17, 15) is 15.3 Å². The zero-order chi connectivity index (χ0) is 23.8. The van der Waals surface area contributed by atoms with Crippen molar-refractivity contribution < 1.29 is 14.3 Å². The van der Waals surface area contributed by atoms with Gasteiger partial charge in [0, 0.05) is 10.0 Å². The molecule has 0 saturated heterocycles. The van der Waals surface area contributed by atoms with E-state index in [2.05, 4.69) is 27.3 Å². The number of carbonyl (C=O) groups is 1. The molecule has 1 amide bonds. The van der Waals surface area contributed by atoms with E-state index >= 15 is 0 Å². The molecule has 0 saturated carbocycles. The first kappa shape index (κ1) is 23.9. The second-order valence-corrected chi connectivity index (χ2v) is 7.95. The van der Waals surface area contributed by atoms with Crippen LogP contribution in [-0.4, -0.2) is 13.0 Å². The molecule has 6 nitrogen and oxygen atoms in total. The predicted octanol–water partition coefficient (Wildman–Crippen LogP) is 6.11. The molecule has 0 radical (unpaired) electrons. The minimum atomic E-state index is -0.593. The van der Waals surface area contributed by atoms with Gasteiger partial charge in [-0.3, -0.25) is 4.79 Å². The Hall–Kier alpha value is -3.78. The van der Waals surface area contributed by atoms with Crippen LogP contribution >= 0.6 is 27.5 Å². The number of rotatable bonds is 7. The van der Waals surface area contributed by atoms with Gasteiger partial charge in [0.15, 0.2) is 11.5 Å². The number of methoxy groups -OCH3 is 1. The zero-order valence-electron chi connectivity index (χ0n) is 17.4. The first-order valence-electron chi connectivity index (χ1n) is 9.62. The molecule has 0 atom stereocenters. The third-order valence-corrected chi connectivity index (χ3v) is 5.61. The fraction of sp³-hybridized carbons (Fsp3) is 0.0800. The molecule has 0 fully saturated rings. The Balaban J connectivity index is 1.85. The predicted molar refractivity (Wildman–Crippen MR) is 130 cm³/mol. The number of para-hydroxylation sites is 1. The SMILES string of the molecule is COc1cc(/C=C(\C#N)C(=O)Nc2ccccc2Cl)c(Br)cc1OCc1ccccc1C#N. The summed E-state index contributed by atoms with van der Waals surface area (Å²) >= 11 is 9.53. The quantitative estimate of drug-likeness (QED) is 0.298. The maximum Gasteiger partial charge on any atom is 0.266 e. The van der Waals surface area contributed by atoms with E-state index in [4.69, 9.17) is 21.1 Å². The lowest BCUT2D eigenvalue weighted by Gasteiger charge is -2.14. The van der Waals surface area contributed by atoms with Crippen molar-refractivity contribution in [3.8, 4) is 23.6 Å². The van der Waals surface area contributed by atoms with Gasteiger partial charge in [0.05, 0.1) is 29.5 Å². The van der Waals surface area contributed by atoms with Crippen LogP contribution in [0.4, 0.5) is 5.69 Å². The van der Waals surface area contributed by atoms with Gasteiger partial charge < -0.3 is 14.8 Å². The van der Waals surface area contributed by atoms with E-state index in [-0.39, 0.29) is 12.2 Å². The van der Waals surface area contributed by atoms with Crippen molar-refractivity contribution >= 4 is 45.2 Å². The summed E-state index contributed by atoms with van der Waals surface area (Å²) in [5.74, 6) is 0.251. The topological polar surface area (TPSA) is 95.1 Å². The van der Waals surface area contributed by atoms with E-state index in [1.807, 2.05) is 18.2 Å². The minimum Gasteiger partial charge on any atom is -0.493 e. The highest BCUT2D eigenvalue weighted by Gasteiger charge is 2.15. The van der Waals surface area contributed by atoms with Gasteiger partial charge in [-0.2, -0.15) is 10.5 Å². The number of amides is 1. The molecule has 0 aliphatic carbocycles. The molecular weight excluding hydrogens is 506 g/mol. The summed E-state index contributed by atoms with van der Waals surface area (Å²) in [4.78, 5) is 12.6. The van der Waals surface area contributed by atoms with Crippen molar-refractivity contribution in [2.75, 3.05) is 12.4 Å². The van der Waals surface area contributed by atoms with Crippen LogP contribution in [-0.2, 0) is 11.4 Å². The summed E-state index contributed by atoms with van der Waals surface area (Å²) < 4.78 is 11.9. The lowest BCUT2D eigenvalue weighted by atomic mass is 10.1. The van der Waals surface area contributed by atoms with Crippen LogP contribution in [0.2, 0.25) is 5.02 Å². The fourth-order valence-corrected chi connectivity index (χ4v) is 3.52. The molecule has 0 aromatic heterocycles. The normalized spacial score (nSPS) is 10.6. The maximum atomic E-state index is 12.6. The Labute approximate surface area is 204 Å². The molecule has 0 aliphatic heterocycles. The van der Waals surface area contributed by atoms with Crippen LogP contribution in [0.5, 0.6) is 11.5 Å². The Morgan fingerprint density at radius 2 is 1.85 bits per heavy atom. The molecule has 0 spiro atoms. The Kier molecular flexibility index (Phi) is 8.10. The summed E-state index contributed by atoms with van der Waals surface area (Å²) in [7, 11) is 1.49. The van der Waals surface area contributed by atoms with E-state index in [1.165, 1.54) is 13.2 Å². The molecule has 0 aliphatic rings. The number of hydrogen-bond acceptors (Lipinski definition) is 5. The molecule has 164 valence electrons. The Bertz CT molecular complexity index is 1310. The molecule has 0 unspecified atom stereocenters. The number of ether oxygens (including phenoxy) is 2. The monoisotopic (exact) mass is 521 g/mol. The molecule has 1 N–H and O–H groups in total. The molecule has 0 bridgehead atoms. The third-order valence-electron chi connectivity index (χ3n) is 4.59. The number of carbonyl (C=O) groups excluding carboxylic acids is 1. The molecular formula is C25H17BrClN3O3. The van der Waals surface area contributed by atoms with Gasteiger partial charge in [-0.05, 0) is 42.0 Å². The van der Waals surface area contributed by atoms with E-state index in [0.29, 0.717) is 37.8 Å². The average molecular weight is 523 g/mol. The first-order valence-corrected chi connectivity index (χ1v) is 10.8. The number of hydrogen-bond donors (Lipinski definition) is 1. The lowest BCUT2D eigenvalue weighted by molar-refractivity contribution is -0.112. The van der Waals surface area contributed by atoms with Gasteiger partial charge >= 0.3 is 0 Å². The molecule has 3 aromatic carbocycles. The van der Waals surface area contributed by atoms with Crippen LogP contribution in [0.15, 0.2) is 70.7 Å². The summed E-state index contributed by atoms with van der Waals surface area (Å²) in [6, 6.07) is 21.3. The highest BCUT2D eigenvalue weighted by molar-refractivity contribution is 9.10. The number of nitrogens with one attached hydrogen (secondary N) is 1. The number of benzene rings is 3. The van der Waals surface area contributed by atoms with Crippen LogP contribution in [0.25, 0.3) is 6.08 Å². The number of anilines is 1. The molecule has 0 heterocycles. The van der Waals surface area contributed by atoms with Crippen molar-refractivity contribution in [3.05, 3.63) is 92.4 Å². The van der Waals surface area contributed by atoms with Crippen molar-refractivity contribution in [3.63, 3.8) is 0 Å². The molecule has 3 aromatic rings. The maximum absolute atomic E-state index is 12.6. The highest BCUT2D eigenvalue weighted by atomic mass is 79.9. The average Bonchev–Trinajstić information content (AvgIpc) is 2.83. The largest absolute Gasteiger partial charge is 0.493 e. The number of halogens is 2. The zero-order valence-corrected chi connectivity index (χ0v) is 19.8. The molecule has 3 rings (SSSR count). The van der Waals surface area contributed by atoms with Crippen LogP contribution < -0.4 is 14.8 Å². The van der Waals surface area contributed by atoms with E-state index in [0.717, 1.165) is 5.56 Å². The minimum absolute atomic E-state index is 0.116. The van der Waals surface area contributed by atoms with Crippen LogP contribution in [0.3, 0.4) is 0 Å². The van der Waals surface area contributed by atoms with Gasteiger partial charge in [0.1, 0.15) is 18.2 Å². The number of nitrogens with zero attached hydrogens (tertiary/aromatic N) is 2. The second kappa shape index (κ2) is 11.2. The van der Waals surface area contributed by atoms with Crippen molar-refractivity contribution in [1.29, 1.82) is 10.5 Å². The number of nitriles is 2. The van der Waals surface area contributed by atoms with Gasteiger partial charge in [-0.1, -0.05) is 57.9 Å². The summed E-state index contributed by atoms with van der Waals surface area (Å²) in [5, 5.41) is 21.8. The van der Waals surface area contributed by atoms with Gasteiger partial charge in [-0.15, -0.1) is 0 Å². The van der Waals surface area contributed by atoms with Crippen molar-refractivity contribution in [2.45, 2.75) is 6.61 Å². The Morgan fingerprint density at radius 3 is 2.55 bits per heavy atom. The van der Waals surface area contributed by atoms with Gasteiger partial charge in [0.25, 0.3) is 5.91 Å². The van der Waals surface area contributed by atoms with Gasteiger partial charge in [0.2, 0.25) is 0 Å². The third kappa shape index (κ3) is 5.93. The fourth-order valence-electron chi connectivity index (χ4n) is 2.90. The standard InChI is InChI=1S/C25H17BrClN3O3/c1-32-23-11-18(10-19(14-29)25(31)30-22-9-5-4-8-21(22)27)20(26)12-24(23)33-15-17-7-3-2-6-16(17)13-28/h2-12H,15H2,1H3,(H,30,31)/b19-10+. The smallest absolute Gasteiger partial charge is 0.266 e. The summed E-state index contributed by atoms with van der Waals surface area (Å²) in [6.07, 6.45) is 1.44. The lowest BCUT2D eigenvalue weighted by Crippen LogP contribution is -2.13. The van der Waals surface area contributed by atoms with E-state index in [1.54, 1.807) is 48.5 Å². The molecule has 33 heavy (non-hydrogen) atoms. The Morgan fingerprint density at radius 1 is 1.12 bits per heavy atom. The highest BCUT2D eigenvalue weighted by Crippen LogP contribution is 2.35. The van der Waals surface area contributed by atoms with Crippen LogP contribution in [0.1, 0.15) is 16.7 Å². The van der Waals surface area contributed by atoms with Crippen molar-refractivity contribution in [1.82, 2.24) is 0 Å². The van der Waals surface area contributed by atoms with Crippen molar-refractivity contribution in [2.24, 2.45) is 0 Å². The van der Waals surface area contributed by atoms with E-state index < -0.39 is 5.91 Å². The van der Waals surface area contributed by atoms with Gasteiger partial charge in [-0.25, -0.2) is 0 Å². The van der Waals surface area contributed by atoms with Crippen LogP contribution in [0, 0.1) is 22.7 Å².